The number of likely N-dealkylation sites (tertiary alicyclic amines) is 1. The van der Waals surface area contributed by atoms with Gasteiger partial charge in [-0.05, 0) is 77.8 Å². The number of alkyl halides is 3. The van der Waals surface area contributed by atoms with Gasteiger partial charge in [0.05, 0.1) is 84.0 Å². The van der Waals surface area contributed by atoms with Crippen LogP contribution in [0.3, 0.4) is 0 Å². The van der Waals surface area contributed by atoms with E-state index in [0.717, 1.165) is 40.0 Å². The lowest BCUT2D eigenvalue weighted by Crippen LogP contribution is -2.45. The highest BCUT2D eigenvalue weighted by Crippen LogP contribution is 2.37. The number of imide groups is 1. The fraction of sp³-hybridized carbons (Fsp3) is 0.448. The number of primary amides is 1. The van der Waals surface area contributed by atoms with E-state index in [1.807, 2.05) is 52.7 Å². The molecule has 1 saturated heterocycles. The van der Waals surface area contributed by atoms with Crippen LogP contribution in [-0.4, -0.2) is 121 Å². The number of aryl methyl sites for hydroxylation is 1. The molecule has 2 aliphatic rings. The van der Waals surface area contributed by atoms with Gasteiger partial charge in [-0.25, -0.2) is 9.36 Å². The number of nitrogens with two attached hydrogens (primary N) is 2. The highest BCUT2D eigenvalue weighted by atomic mass is 19.4. The molecule has 1 unspecified atom stereocenters. The summed E-state index contributed by atoms with van der Waals surface area (Å²) in [6, 6.07) is 16.2. The van der Waals surface area contributed by atoms with E-state index in [4.69, 9.17) is 25.7 Å². The number of halogens is 3. The minimum absolute atomic E-state index is 0. The first-order valence-electron chi connectivity index (χ1n) is 26.7. The summed E-state index contributed by atoms with van der Waals surface area (Å²) in [5.74, 6) is -2.91. The van der Waals surface area contributed by atoms with Crippen molar-refractivity contribution in [2.24, 2.45) is 30.5 Å². The van der Waals surface area contributed by atoms with Gasteiger partial charge in [0, 0.05) is 61.1 Å². The van der Waals surface area contributed by atoms with Crippen LogP contribution in [0.1, 0.15) is 75.1 Å². The number of nitrogens with zero attached hydrogens (tertiary/aromatic N) is 5. The van der Waals surface area contributed by atoms with Gasteiger partial charge < -0.3 is 54.0 Å². The summed E-state index contributed by atoms with van der Waals surface area (Å²) in [4.78, 5) is 96.8. The number of Topliss-reactive ketones (excluding diaryl/α,β-unsaturated/α-hetero) is 1. The molecule has 3 atom stereocenters. The Bertz CT molecular complexity index is 3060. The Morgan fingerprint density at radius 1 is 0.914 bits per heavy atom. The maximum absolute atomic E-state index is 13.9. The van der Waals surface area contributed by atoms with Gasteiger partial charge in [0.25, 0.3) is 0 Å². The first-order chi connectivity index (χ1) is 38.2. The minimum Gasteiger partial charge on any atom is -0.379 e. The van der Waals surface area contributed by atoms with Gasteiger partial charge in [-0.2, -0.15) is 13.2 Å². The first-order valence-corrected chi connectivity index (χ1v) is 26.7. The van der Waals surface area contributed by atoms with Gasteiger partial charge in [0.2, 0.25) is 47.3 Å². The van der Waals surface area contributed by atoms with Crippen LogP contribution in [0.15, 0.2) is 79.3 Å². The van der Waals surface area contributed by atoms with Crippen molar-refractivity contribution in [2.75, 3.05) is 75.2 Å². The van der Waals surface area contributed by atoms with E-state index in [-0.39, 0.29) is 133 Å². The lowest BCUT2D eigenvalue weighted by molar-refractivity contribution is -0.667. The van der Waals surface area contributed by atoms with Crippen LogP contribution >= 0.6 is 0 Å². The summed E-state index contributed by atoms with van der Waals surface area (Å²) >= 11 is 0. The number of nitrogen functional groups attached to an aromatic ring is 1. The molecule has 436 valence electrons. The summed E-state index contributed by atoms with van der Waals surface area (Å²) in [6.45, 7) is 7.78. The van der Waals surface area contributed by atoms with Crippen molar-refractivity contribution in [3.05, 3.63) is 109 Å². The Morgan fingerprint density at radius 3 is 2.28 bits per heavy atom. The van der Waals surface area contributed by atoms with E-state index in [1.54, 1.807) is 44.1 Å². The maximum Gasteiger partial charge on any atom is 0.416 e. The Hall–Kier alpha value is -7.76. The number of carbonyl (C=O) groups is 7. The molecule has 23 heteroatoms. The molecule has 0 bridgehead atoms. The number of benzene rings is 3. The van der Waals surface area contributed by atoms with Gasteiger partial charge in [0.1, 0.15) is 5.39 Å². The number of anilines is 3. The van der Waals surface area contributed by atoms with Crippen molar-refractivity contribution in [1.82, 2.24) is 25.1 Å². The number of hydrogen-bond acceptors (Lipinski definition) is 12. The van der Waals surface area contributed by atoms with Crippen LogP contribution in [0.5, 0.6) is 0 Å². The van der Waals surface area contributed by atoms with Crippen molar-refractivity contribution < 1.29 is 65.5 Å². The molecule has 5 aromatic rings. The molecule has 0 radical (unpaired) electrons. The largest absolute Gasteiger partial charge is 0.416 e. The van der Waals surface area contributed by atoms with E-state index in [1.165, 1.54) is 17.0 Å². The predicted octanol–water partition coefficient (Wildman–Crippen LogP) is 5.70. The van der Waals surface area contributed by atoms with E-state index in [0.29, 0.717) is 48.5 Å². The molecular formula is C58H73F3N10O10. The van der Waals surface area contributed by atoms with Gasteiger partial charge in [0.15, 0.2) is 5.78 Å². The summed E-state index contributed by atoms with van der Waals surface area (Å²) < 4.78 is 60.5. The van der Waals surface area contributed by atoms with Crippen molar-refractivity contribution in [1.29, 1.82) is 0 Å². The van der Waals surface area contributed by atoms with Gasteiger partial charge >= 0.3 is 12.2 Å². The zero-order valence-electron chi connectivity index (χ0n) is 46.4. The van der Waals surface area contributed by atoms with E-state index in [2.05, 4.69) is 20.9 Å². The number of carbonyl (C=O) groups excluding carboxylic acids is 7. The molecule has 2 aliphatic heterocycles. The van der Waals surface area contributed by atoms with Crippen LogP contribution in [0, 0.1) is 25.2 Å². The van der Waals surface area contributed by atoms with E-state index >= 15 is 0 Å². The molecule has 81 heavy (non-hydrogen) atoms. The normalized spacial score (nSPS) is 14.9. The quantitative estimate of drug-likeness (QED) is 0.0175. The number of fused-ring (bicyclic) bond motifs is 2. The first kappa shape index (κ1) is 62.4. The molecule has 2 aromatic heterocycles. The van der Waals surface area contributed by atoms with Crippen LogP contribution in [0.25, 0.3) is 22.2 Å². The monoisotopic (exact) mass is 1130 g/mol. The molecule has 0 saturated carbocycles. The Balaban J connectivity index is 0.0000106. The fourth-order valence-electron chi connectivity index (χ4n) is 9.96. The van der Waals surface area contributed by atoms with E-state index in [9.17, 15) is 46.7 Å². The average molecular weight is 1130 g/mol. The number of hydrogen-bond donors (Lipinski definition) is 5. The minimum atomic E-state index is -4.51. The second-order valence-electron chi connectivity index (χ2n) is 20.5. The highest BCUT2D eigenvalue weighted by molar-refractivity contribution is 6.04. The number of amides is 7. The smallest absolute Gasteiger partial charge is 0.379 e. The van der Waals surface area contributed by atoms with Crippen molar-refractivity contribution in [3.63, 3.8) is 0 Å². The van der Waals surface area contributed by atoms with Crippen LogP contribution in [-0.2, 0) is 75.6 Å². The Labute approximate surface area is 469 Å². The number of rotatable bonds is 28. The summed E-state index contributed by atoms with van der Waals surface area (Å²) in [5.41, 5.74) is 16.7. The number of nitrogens with one attached hydrogen (secondary N) is 3. The van der Waals surface area contributed by atoms with Crippen molar-refractivity contribution >= 4 is 69.6 Å². The molecule has 20 nitrogen and oxygen atoms in total. The lowest BCUT2D eigenvalue weighted by atomic mass is 9.89. The molecule has 3 aromatic carbocycles. The summed E-state index contributed by atoms with van der Waals surface area (Å²) in [6.07, 6.45) is 0.106. The average Bonchev–Trinajstić information content (AvgIpc) is 4.23. The Kier molecular flexibility index (Phi) is 22.0. The number of aromatic nitrogens is 3. The molecule has 4 heterocycles. The van der Waals surface area contributed by atoms with Crippen LogP contribution in [0.4, 0.5) is 35.2 Å². The van der Waals surface area contributed by atoms with Crippen LogP contribution < -0.4 is 36.9 Å². The molecular weight excluding hydrogens is 1050 g/mol. The third kappa shape index (κ3) is 16.7. The third-order valence-corrected chi connectivity index (χ3v) is 14.1. The zero-order valence-corrected chi connectivity index (χ0v) is 46.4. The van der Waals surface area contributed by atoms with Crippen LogP contribution in [0.2, 0.25) is 0 Å². The maximum atomic E-state index is 13.9. The molecule has 1 fully saturated rings. The molecule has 7 rings (SSSR count). The van der Waals surface area contributed by atoms with Crippen molar-refractivity contribution in [2.45, 2.75) is 84.5 Å². The Morgan fingerprint density at radius 2 is 1.62 bits per heavy atom. The molecule has 7 N–H and O–H groups in total. The summed E-state index contributed by atoms with van der Waals surface area (Å²) in [5, 5.41) is 8.98. The molecule has 7 amide bonds. The standard InChI is InChI=1S/C57H69F3N10O10.CH3/c1-35(2)51(66-47(72)17-21-78-23-25-80-26-24-79-22-20-70-48(73)27-36(3)55(70)76)46(71)31-41(8-6-18-63-56(62)77)53(75)65-43-13-10-37(11-14-43)32-68-34-64-52(61)50-44(33-67(4)54(50)68)39-12-15-45-40(30-39)16-19-69(45)49(74)29-38-7-5-9-42(28-38)57(58,59)60;/h5,7,9-15,28,30,33-36,41,51,61H,6,8,16-27,29,31-32H2,1-4H3,(H5,62,63,65,66,72,75,77);1H3/q;-1/p+1/t36?,41-,51+;/m1./s1. The lowest BCUT2D eigenvalue weighted by Gasteiger charge is -2.24. The molecule has 0 spiro atoms. The molecule has 0 aliphatic carbocycles. The zero-order chi connectivity index (χ0) is 57.7. The topological polar surface area (TPSA) is 263 Å². The van der Waals surface area contributed by atoms with Gasteiger partial charge in [-0.15, -0.1) is 0 Å². The second-order valence-corrected chi connectivity index (χ2v) is 20.5. The van der Waals surface area contributed by atoms with Gasteiger partial charge in [-0.1, -0.05) is 62.2 Å². The van der Waals surface area contributed by atoms with Gasteiger partial charge in [-0.3, -0.25) is 38.2 Å². The highest BCUT2D eigenvalue weighted by Gasteiger charge is 2.36. The number of ketones is 1. The predicted molar refractivity (Wildman–Crippen MR) is 297 cm³/mol. The third-order valence-electron chi connectivity index (χ3n) is 14.1. The second kappa shape index (κ2) is 28.6. The SMILES string of the molecule is CC1CC(=O)N(CCOCCOCCOCCC(=O)N[C@H](C(=O)C[C@@H](CCCNC(N)=O)C(=O)Nc2ccc(C[n+]3cnc(N)c4c(-c5ccc6c(c5)CCN6C(=O)Cc5cccc(C(F)(F)F)c5)cn(C)c43)cc2)C(C)C)C1=O.[CH3-]. The van der Waals surface area contributed by atoms with E-state index < -0.39 is 41.5 Å². The summed E-state index contributed by atoms with van der Waals surface area (Å²) in [7, 11) is 1.90. The van der Waals surface area contributed by atoms with Crippen molar-refractivity contribution in [3.8, 4) is 11.1 Å². The number of ether oxygens (including phenoxy) is 3. The number of urea groups is 1. The fourth-order valence-corrected chi connectivity index (χ4v) is 9.96.